The molecule has 38 heavy (non-hydrogen) atoms. The minimum atomic E-state index is -3.94. The van der Waals surface area contributed by atoms with Gasteiger partial charge < -0.3 is 20.9 Å². The highest BCUT2D eigenvalue weighted by molar-refractivity contribution is 8.00. The largest absolute Gasteiger partial charge is 0.497 e. The maximum absolute atomic E-state index is 13.6. The fourth-order valence-corrected chi connectivity index (χ4v) is 6.47. The van der Waals surface area contributed by atoms with Crippen molar-refractivity contribution < 1.29 is 23.1 Å². The van der Waals surface area contributed by atoms with E-state index in [2.05, 4.69) is 5.32 Å². The molecule has 0 aromatic heterocycles. The van der Waals surface area contributed by atoms with Gasteiger partial charge in [0.15, 0.2) is 0 Å². The first-order chi connectivity index (χ1) is 18.0. The number of benzene rings is 3. The lowest BCUT2D eigenvalue weighted by atomic mass is 10.1. The average molecular weight is 558 g/mol. The van der Waals surface area contributed by atoms with Crippen LogP contribution in [0, 0.1) is 12.8 Å². The fourth-order valence-electron chi connectivity index (χ4n) is 3.84. The maximum atomic E-state index is 13.6. The Morgan fingerprint density at radius 1 is 1.03 bits per heavy atom. The first kappa shape index (κ1) is 29.5. The third-order valence-electron chi connectivity index (χ3n) is 5.91. The molecule has 0 unspecified atom stereocenters. The summed E-state index contributed by atoms with van der Waals surface area (Å²) in [4.78, 5) is 14.1. The molecule has 0 radical (unpaired) electrons. The number of sulfonamides is 1. The van der Waals surface area contributed by atoms with E-state index < -0.39 is 27.4 Å². The number of ether oxygens (including phenoxy) is 1. The van der Waals surface area contributed by atoms with Crippen LogP contribution < -0.4 is 15.8 Å². The number of rotatable bonds is 12. The Balaban J connectivity index is 1.91. The van der Waals surface area contributed by atoms with Gasteiger partial charge in [-0.05, 0) is 66.9 Å². The molecule has 4 N–H and O–H groups in total. The van der Waals surface area contributed by atoms with E-state index in [1.807, 2.05) is 44.2 Å². The van der Waals surface area contributed by atoms with Crippen LogP contribution in [0.1, 0.15) is 29.8 Å². The smallest absolute Gasteiger partial charge is 0.252 e. The summed E-state index contributed by atoms with van der Waals surface area (Å²) in [5.41, 5.74) is 7.50. The second kappa shape index (κ2) is 13.1. The number of hydrogen-bond acceptors (Lipinski definition) is 7. The molecule has 3 aromatic carbocycles. The number of hydrogen-bond donors (Lipinski definition) is 3. The van der Waals surface area contributed by atoms with Gasteiger partial charge in [-0.15, -0.1) is 0 Å². The molecule has 0 saturated heterocycles. The number of aliphatic hydroxyl groups is 1. The number of thioether (sulfide) groups is 1. The molecule has 0 saturated carbocycles. The first-order valence-corrected chi connectivity index (χ1v) is 14.5. The van der Waals surface area contributed by atoms with Crippen molar-refractivity contribution in [1.82, 2.24) is 9.62 Å². The van der Waals surface area contributed by atoms with E-state index in [4.69, 9.17) is 10.5 Å². The quantitative estimate of drug-likeness (QED) is 0.174. The molecule has 10 heteroatoms. The third kappa shape index (κ3) is 7.50. The Morgan fingerprint density at radius 3 is 2.29 bits per heavy atom. The predicted octanol–water partition coefficient (Wildman–Crippen LogP) is 4.14. The first-order valence-electron chi connectivity index (χ1n) is 12.2. The predicted molar refractivity (Wildman–Crippen MR) is 152 cm³/mol. The summed E-state index contributed by atoms with van der Waals surface area (Å²) in [5, 5.41) is 13.4. The number of carbonyl (C=O) groups is 1. The van der Waals surface area contributed by atoms with Gasteiger partial charge in [0.1, 0.15) is 11.1 Å². The second-order valence-corrected chi connectivity index (χ2v) is 12.5. The van der Waals surface area contributed by atoms with Crippen LogP contribution >= 0.6 is 11.8 Å². The number of aliphatic hydroxyl groups excluding tert-OH is 1. The lowest BCUT2D eigenvalue weighted by molar-refractivity contribution is 0.0874. The highest BCUT2D eigenvalue weighted by Crippen LogP contribution is 2.27. The Labute approximate surface area is 229 Å². The van der Waals surface area contributed by atoms with E-state index in [0.717, 1.165) is 4.90 Å². The number of nitrogens with one attached hydrogen (secondary N) is 1. The van der Waals surface area contributed by atoms with Crippen molar-refractivity contribution in [3.05, 3.63) is 83.9 Å². The van der Waals surface area contributed by atoms with E-state index in [0.29, 0.717) is 22.6 Å². The van der Waals surface area contributed by atoms with E-state index >= 15 is 0 Å². The Bertz CT molecular complexity index is 1320. The van der Waals surface area contributed by atoms with Crippen LogP contribution in [0.3, 0.4) is 0 Å². The molecule has 0 heterocycles. The van der Waals surface area contributed by atoms with Crippen LogP contribution in [-0.2, 0) is 10.0 Å². The van der Waals surface area contributed by atoms with Crippen LogP contribution in [0.25, 0.3) is 0 Å². The number of anilines is 1. The van der Waals surface area contributed by atoms with Crippen molar-refractivity contribution in [2.24, 2.45) is 5.92 Å². The van der Waals surface area contributed by atoms with Gasteiger partial charge in [0.25, 0.3) is 5.91 Å². The zero-order chi connectivity index (χ0) is 27.9. The van der Waals surface area contributed by atoms with Crippen molar-refractivity contribution in [2.75, 3.05) is 25.9 Å². The molecule has 2 atom stereocenters. The summed E-state index contributed by atoms with van der Waals surface area (Å²) < 4.78 is 33.6. The van der Waals surface area contributed by atoms with E-state index in [1.165, 1.54) is 35.3 Å². The van der Waals surface area contributed by atoms with Gasteiger partial charge in [0.05, 0.1) is 18.1 Å². The van der Waals surface area contributed by atoms with E-state index in [-0.39, 0.29) is 23.9 Å². The lowest BCUT2D eigenvalue weighted by Crippen LogP contribution is -2.48. The minimum Gasteiger partial charge on any atom is -0.497 e. The van der Waals surface area contributed by atoms with Crippen LogP contribution in [0.2, 0.25) is 0 Å². The maximum Gasteiger partial charge on any atom is 0.252 e. The minimum absolute atomic E-state index is 0.0000144. The van der Waals surface area contributed by atoms with Gasteiger partial charge in [0, 0.05) is 29.2 Å². The number of amides is 1. The molecule has 204 valence electrons. The summed E-state index contributed by atoms with van der Waals surface area (Å²) >= 11 is 1.25. The molecular weight excluding hydrogens is 522 g/mol. The molecular formula is C28H35N3O5S2. The number of nitrogens with zero attached hydrogens (tertiary/aromatic N) is 1. The van der Waals surface area contributed by atoms with Gasteiger partial charge in [-0.3, -0.25) is 4.79 Å². The molecule has 3 rings (SSSR count). The van der Waals surface area contributed by atoms with Crippen LogP contribution in [-0.4, -0.2) is 55.4 Å². The number of carbonyl (C=O) groups excluding carboxylic acids is 1. The Hall–Kier alpha value is -3.05. The monoisotopic (exact) mass is 557 g/mol. The summed E-state index contributed by atoms with van der Waals surface area (Å²) in [6, 6.07) is 20.5. The highest BCUT2D eigenvalue weighted by atomic mass is 32.2. The van der Waals surface area contributed by atoms with Crippen LogP contribution in [0.15, 0.2) is 82.6 Å². The molecule has 0 aliphatic heterocycles. The van der Waals surface area contributed by atoms with Crippen LogP contribution in [0.4, 0.5) is 5.69 Å². The molecule has 0 fully saturated rings. The Morgan fingerprint density at radius 2 is 1.68 bits per heavy atom. The molecule has 0 aliphatic rings. The van der Waals surface area contributed by atoms with E-state index in [1.54, 1.807) is 37.3 Å². The molecule has 0 bridgehead atoms. The lowest BCUT2D eigenvalue weighted by Gasteiger charge is -2.30. The van der Waals surface area contributed by atoms with Gasteiger partial charge in [0.2, 0.25) is 10.0 Å². The summed E-state index contributed by atoms with van der Waals surface area (Å²) in [6.45, 7) is 5.54. The summed E-state index contributed by atoms with van der Waals surface area (Å²) in [7, 11) is -2.43. The number of nitrogen functional groups attached to an aromatic ring is 1. The van der Waals surface area contributed by atoms with Crippen molar-refractivity contribution in [3.8, 4) is 5.75 Å². The fraction of sp³-hybridized carbons (Fsp3) is 0.321. The standard InChI is InChI=1S/C28H35N3O5S2/c1-19(2)17-31(38(34,35)23-15-13-21(36-4)14-16-23)18-26(32)28(37-22-9-6-5-7-10-22)30-27(33)24-11-8-12-25(29)20(24)3/h5-16,19,26,28,32H,17-18,29H2,1-4H3,(H,30,33)/t26-,28+/m1/s1. The summed E-state index contributed by atoms with van der Waals surface area (Å²) in [6.07, 6.45) is -1.22. The molecule has 0 aliphatic carbocycles. The van der Waals surface area contributed by atoms with Gasteiger partial charge in [-0.2, -0.15) is 4.31 Å². The zero-order valence-corrected chi connectivity index (χ0v) is 23.6. The van der Waals surface area contributed by atoms with Gasteiger partial charge in [-0.25, -0.2) is 8.42 Å². The third-order valence-corrected chi connectivity index (χ3v) is 8.98. The second-order valence-electron chi connectivity index (χ2n) is 9.30. The van der Waals surface area contributed by atoms with Crippen molar-refractivity contribution in [3.63, 3.8) is 0 Å². The number of nitrogens with two attached hydrogens (primary N) is 1. The zero-order valence-electron chi connectivity index (χ0n) is 22.0. The topological polar surface area (TPSA) is 122 Å². The normalized spacial score (nSPS) is 13.3. The van der Waals surface area contributed by atoms with Crippen molar-refractivity contribution in [1.29, 1.82) is 0 Å². The van der Waals surface area contributed by atoms with Crippen LogP contribution in [0.5, 0.6) is 5.75 Å². The van der Waals surface area contributed by atoms with Crippen molar-refractivity contribution in [2.45, 2.75) is 42.0 Å². The molecule has 8 nitrogen and oxygen atoms in total. The molecule has 0 spiro atoms. The SMILES string of the molecule is COc1ccc(S(=O)(=O)N(CC(C)C)C[C@@H](O)[C@@H](NC(=O)c2cccc(N)c2C)Sc2ccccc2)cc1. The van der Waals surface area contributed by atoms with Gasteiger partial charge >= 0.3 is 0 Å². The number of methoxy groups -OCH3 is 1. The Kier molecular flexibility index (Phi) is 10.2. The average Bonchev–Trinajstić information content (AvgIpc) is 2.89. The summed E-state index contributed by atoms with van der Waals surface area (Å²) in [5.74, 6) is 0.133. The molecule has 1 amide bonds. The van der Waals surface area contributed by atoms with Gasteiger partial charge in [-0.1, -0.05) is 49.9 Å². The molecule has 3 aromatic rings. The highest BCUT2D eigenvalue weighted by Gasteiger charge is 2.32. The van der Waals surface area contributed by atoms with Crippen molar-refractivity contribution >= 4 is 33.4 Å². The van der Waals surface area contributed by atoms with E-state index in [9.17, 15) is 18.3 Å².